The number of benzene rings is 1. The summed E-state index contributed by atoms with van der Waals surface area (Å²) in [5.41, 5.74) is -2.94. The van der Waals surface area contributed by atoms with Crippen LogP contribution in [-0.2, 0) is 11.2 Å². The van der Waals surface area contributed by atoms with Gasteiger partial charge < -0.3 is 40.1 Å². The molecule has 1 aromatic carbocycles. The highest BCUT2D eigenvalue weighted by molar-refractivity contribution is 5.31. The number of aliphatic hydroxyl groups excluding tert-OH is 4. The van der Waals surface area contributed by atoms with Crippen molar-refractivity contribution in [2.45, 2.75) is 74.0 Å². The second-order valence-corrected chi connectivity index (χ2v) is 10.6. The first-order chi connectivity index (χ1) is 16.7. The maximum absolute atomic E-state index is 12.1. The zero-order valence-electron chi connectivity index (χ0n) is 19.7. The summed E-state index contributed by atoms with van der Waals surface area (Å²) in [6, 6.07) is 7.19. The Labute approximate surface area is 205 Å². The second kappa shape index (κ2) is 9.27. The molecule has 1 saturated heterocycles. The fourth-order valence-electron chi connectivity index (χ4n) is 7.09. The maximum Gasteiger partial charge on any atom is 0.232 e. The summed E-state index contributed by atoms with van der Waals surface area (Å²) in [5, 5.41) is 67.0. The van der Waals surface area contributed by atoms with E-state index in [-0.39, 0.29) is 24.9 Å². The van der Waals surface area contributed by atoms with E-state index in [1.54, 1.807) is 24.3 Å². The van der Waals surface area contributed by atoms with Crippen LogP contribution >= 0.6 is 0 Å². The Hall–Kier alpha value is -1.78. The van der Waals surface area contributed by atoms with Gasteiger partial charge >= 0.3 is 0 Å². The number of fused-ring (bicyclic) bond motifs is 4. The summed E-state index contributed by atoms with van der Waals surface area (Å²) < 4.78 is 12.3. The van der Waals surface area contributed by atoms with Crippen LogP contribution in [0, 0.1) is 23.7 Å². The van der Waals surface area contributed by atoms with Crippen LogP contribution in [0.3, 0.4) is 0 Å². The van der Waals surface area contributed by atoms with Crippen molar-refractivity contribution < 1.29 is 40.1 Å². The topological polar surface area (TPSA) is 140 Å². The molecule has 192 valence electrons. The summed E-state index contributed by atoms with van der Waals surface area (Å²) in [5.74, 6) is -1.46. The molecule has 6 N–H and O–H groups in total. The molecular formula is C27H36O8. The summed E-state index contributed by atoms with van der Waals surface area (Å²) >= 11 is 0. The average molecular weight is 489 g/mol. The molecule has 1 aromatic rings. The van der Waals surface area contributed by atoms with Crippen molar-refractivity contribution >= 4 is 0 Å². The zero-order valence-corrected chi connectivity index (χ0v) is 19.7. The Kier molecular flexibility index (Phi) is 6.59. The van der Waals surface area contributed by atoms with E-state index in [4.69, 9.17) is 9.47 Å². The number of aliphatic hydroxyl groups is 6. The predicted molar refractivity (Wildman–Crippen MR) is 126 cm³/mol. The van der Waals surface area contributed by atoms with Crippen molar-refractivity contribution in [3.63, 3.8) is 0 Å². The van der Waals surface area contributed by atoms with Crippen LogP contribution in [0.4, 0.5) is 0 Å². The van der Waals surface area contributed by atoms with Crippen molar-refractivity contribution in [3.05, 3.63) is 54.6 Å². The third-order valence-corrected chi connectivity index (χ3v) is 8.84. The molecule has 0 amide bonds. The second-order valence-electron chi connectivity index (χ2n) is 10.6. The van der Waals surface area contributed by atoms with Gasteiger partial charge in [-0.05, 0) is 67.6 Å². The van der Waals surface area contributed by atoms with Gasteiger partial charge in [0.2, 0.25) is 6.29 Å². The van der Waals surface area contributed by atoms with E-state index in [9.17, 15) is 30.6 Å². The molecule has 0 spiro atoms. The number of rotatable bonds is 6. The first kappa shape index (κ1) is 24.9. The van der Waals surface area contributed by atoms with Crippen LogP contribution in [0.25, 0.3) is 0 Å². The van der Waals surface area contributed by atoms with Gasteiger partial charge in [0, 0.05) is 12.5 Å². The van der Waals surface area contributed by atoms with E-state index in [1.165, 1.54) is 0 Å². The van der Waals surface area contributed by atoms with E-state index < -0.39 is 53.7 Å². The maximum atomic E-state index is 12.1. The molecule has 3 fully saturated rings. The number of ether oxygens (including phenoxy) is 2. The first-order valence-corrected chi connectivity index (χ1v) is 12.5. The van der Waals surface area contributed by atoms with E-state index in [2.05, 4.69) is 6.58 Å². The Bertz CT molecular complexity index is 949. The monoisotopic (exact) mass is 488 g/mol. The number of hydrogen-bond acceptors (Lipinski definition) is 8. The van der Waals surface area contributed by atoms with Crippen LogP contribution in [0.2, 0.25) is 0 Å². The average Bonchev–Trinajstić information content (AvgIpc) is 2.95. The quantitative estimate of drug-likeness (QED) is 0.321. The molecule has 1 heterocycles. The van der Waals surface area contributed by atoms with Crippen LogP contribution in [0.5, 0.6) is 5.75 Å². The molecule has 2 bridgehead atoms. The molecule has 0 aromatic heterocycles. The molecular weight excluding hydrogens is 452 g/mol. The molecule has 1 aliphatic heterocycles. The van der Waals surface area contributed by atoms with Crippen molar-refractivity contribution in [2.24, 2.45) is 23.7 Å². The van der Waals surface area contributed by atoms with Gasteiger partial charge in [0.25, 0.3) is 0 Å². The lowest BCUT2D eigenvalue weighted by molar-refractivity contribution is -0.405. The molecule has 35 heavy (non-hydrogen) atoms. The minimum atomic E-state index is -2.03. The lowest BCUT2D eigenvalue weighted by Crippen LogP contribution is -2.83. The van der Waals surface area contributed by atoms with E-state index in [0.29, 0.717) is 31.4 Å². The van der Waals surface area contributed by atoms with Gasteiger partial charge in [-0.2, -0.15) is 0 Å². The lowest BCUT2D eigenvalue weighted by atomic mass is 9.50. The van der Waals surface area contributed by atoms with Crippen LogP contribution in [0.1, 0.15) is 31.2 Å². The van der Waals surface area contributed by atoms with Gasteiger partial charge in [-0.1, -0.05) is 30.4 Å². The molecule has 5 rings (SSSR count). The number of allylic oxidation sites excluding steroid dienone is 2. The number of hydrogen-bond donors (Lipinski definition) is 6. The van der Waals surface area contributed by atoms with Gasteiger partial charge in [0.05, 0.1) is 12.2 Å². The third-order valence-electron chi connectivity index (χ3n) is 8.84. The highest BCUT2D eigenvalue weighted by atomic mass is 16.7. The normalized spacial score (nSPS) is 46.4. The highest BCUT2D eigenvalue weighted by Crippen LogP contribution is 2.60. The van der Waals surface area contributed by atoms with Crippen molar-refractivity contribution in [1.82, 2.24) is 0 Å². The minimum absolute atomic E-state index is 0.126. The van der Waals surface area contributed by atoms with E-state index in [1.807, 2.05) is 18.2 Å². The van der Waals surface area contributed by atoms with E-state index in [0.717, 1.165) is 5.56 Å². The molecule has 2 saturated carbocycles. The van der Waals surface area contributed by atoms with Gasteiger partial charge in [-0.15, -0.1) is 6.58 Å². The summed E-state index contributed by atoms with van der Waals surface area (Å²) in [6.45, 7) is 3.61. The van der Waals surface area contributed by atoms with Gasteiger partial charge in [0.1, 0.15) is 23.6 Å². The molecule has 0 unspecified atom stereocenters. The fourth-order valence-corrected chi connectivity index (χ4v) is 7.09. The van der Waals surface area contributed by atoms with Crippen LogP contribution in [0.15, 0.2) is 49.1 Å². The molecule has 0 radical (unpaired) electrons. The molecule has 3 aliphatic carbocycles. The van der Waals surface area contributed by atoms with Crippen molar-refractivity contribution in [1.29, 1.82) is 0 Å². The van der Waals surface area contributed by atoms with Crippen LogP contribution in [-0.4, -0.2) is 79.2 Å². The van der Waals surface area contributed by atoms with Gasteiger partial charge in [-0.25, -0.2) is 0 Å². The van der Waals surface area contributed by atoms with E-state index >= 15 is 0 Å². The molecule has 8 nitrogen and oxygen atoms in total. The Balaban J connectivity index is 1.58. The standard InChI is InChI=1S/C27H36O8/c1-2-3-15-4-8-18(9-5-15)34-25-27(33)21-14-17(29)7-10-19(21)20-11-6-16(12-13-28)22(30)23(35-25)26(20,32)24(27)31/h2,4-5,7-10,16-17,19-25,28-33H,1,3,6,11-14H2/t16-,17-,19-,20+,21-,22+,23-,24+,25-,26-,27+/m1/s1. The SMILES string of the molecule is C=CCc1ccc(O[C@@H]2O[C@@H]3[C@@H](O)[C@@H](CCO)CC[C@H]4[C@H]5C=C[C@@H](O)C[C@H]5[C@]2(O)[C@@H](O)[C@]34O)cc1. The highest BCUT2D eigenvalue weighted by Gasteiger charge is 2.75. The molecule has 4 aliphatic rings. The fraction of sp³-hybridized carbons (Fsp3) is 0.630. The Morgan fingerprint density at radius 2 is 1.77 bits per heavy atom. The largest absolute Gasteiger partial charge is 0.462 e. The van der Waals surface area contributed by atoms with Crippen molar-refractivity contribution in [2.75, 3.05) is 6.61 Å². The third kappa shape index (κ3) is 3.78. The minimum Gasteiger partial charge on any atom is -0.462 e. The smallest absolute Gasteiger partial charge is 0.232 e. The van der Waals surface area contributed by atoms with Crippen LogP contribution < -0.4 is 4.74 Å². The van der Waals surface area contributed by atoms with Gasteiger partial charge in [-0.3, -0.25) is 0 Å². The molecule has 11 atom stereocenters. The Morgan fingerprint density at radius 3 is 2.46 bits per heavy atom. The lowest BCUT2D eigenvalue weighted by Gasteiger charge is -2.65. The summed E-state index contributed by atoms with van der Waals surface area (Å²) in [4.78, 5) is 0. The van der Waals surface area contributed by atoms with Crippen molar-refractivity contribution in [3.8, 4) is 5.75 Å². The summed E-state index contributed by atoms with van der Waals surface area (Å²) in [7, 11) is 0. The predicted octanol–water partition coefficient (Wildman–Crippen LogP) is 0.678. The first-order valence-electron chi connectivity index (χ1n) is 12.5. The Morgan fingerprint density at radius 1 is 1.03 bits per heavy atom. The molecule has 8 heteroatoms. The zero-order chi connectivity index (χ0) is 25.0. The van der Waals surface area contributed by atoms with Gasteiger partial charge in [0.15, 0.2) is 5.60 Å². The summed E-state index contributed by atoms with van der Waals surface area (Å²) in [6.07, 6.45) is 1.16.